The number of aliphatic carboxylic acids is 1. The van der Waals surface area contributed by atoms with Gasteiger partial charge in [0.15, 0.2) is 0 Å². The Labute approximate surface area is 264 Å². The van der Waals surface area contributed by atoms with Gasteiger partial charge in [0, 0.05) is 61.0 Å². The maximum absolute atomic E-state index is 13.2. The highest BCUT2D eigenvalue weighted by atomic mass is 16.6. The molecule has 0 aliphatic carbocycles. The van der Waals surface area contributed by atoms with Gasteiger partial charge in [0.05, 0.1) is 48.6 Å². The zero-order chi connectivity index (χ0) is 33.0. The number of hydrogen-bond donors (Lipinski definition) is 1. The van der Waals surface area contributed by atoms with E-state index >= 15 is 0 Å². The van der Waals surface area contributed by atoms with E-state index in [1.807, 2.05) is 36.5 Å². The fourth-order valence-electron chi connectivity index (χ4n) is 6.46. The van der Waals surface area contributed by atoms with Gasteiger partial charge in [-0.3, -0.25) is 14.3 Å². The molecule has 2 aliphatic rings. The summed E-state index contributed by atoms with van der Waals surface area (Å²) in [6.07, 6.45) is 7.59. The van der Waals surface area contributed by atoms with Gasteiger partial charge in [-0.15, -0.1) is 0 Å². The van der Waals surface area contributed by atoms with Crippen molar-refractivity contribution >= 4 is 29.4 Å². The standard InChI is InChI=1S/C32H34N8O6/c1-6-45-26(41)10-32(29(42)43)18-39(30(44)46-31(2,3)4)24-17-38(28(24)32)25-8-7-19(12-34-25)23-9-20(22-14-35-37(5)15-22)16-40-27(23)21(11-33)13-36-40/h7-9,12-16,24,28H,6,10,17-18H2,1-5H3,(H,42,43)/t24-,28+,32?/m0/s1. The molecule has 14 heteroatoms. The van der Waals surface area contributed by atoms with Crippen molar-refractivity contribution in [1.29, 1.82) is 5.26 Å². The molecular weight excluding hydrogens is 592 g/mol. The Hall–Kier alpha value is -5.45. The summed E-state index contributed by atoms with van der Waals surface area (Å²) in [5.41, 5.74) is 1.76. The van der Waals surface area contributed by atoms with Crippen LogP contribution in [0.25, 0.3) is 27.8 Å². The van der Waals surface area contributed by atoms with Crippen molar-refractivity contribution in [3.05, 3.63) is 54.7 Å². The van der Waals surface area contributed by atoms with Crippen LogP contribution in [0.4, 0.5) is 10.6 Å². The molecule has 2 saturated heterocycles. The molecule has 1 N–H and O–H groups in total. The zero-order valence-electron chi connectivity index (χ0n) is 26.2. The highest BCUT2D eigenvalue weighted by molar-refractivity contribution is 5.89. The number of anilines is 1. The van der Waals surface area contributed by atoms with Gasteiger partial charge in [-0.2, -0.15) is 15.5 Å². The summed E-state index contributed by atoms with van der Waals surface area (Å²) >= 11 is 0. The van der Waals surface area contributed by atoms with Gasteiger partial charge < -0.3 is 24.4 Å². The van der Waals surface area contributed by atoms with E-state index in [1.165, 1.54) is 11.1 Å². The molecule has 0 spiro atoms. The average molecular weight is 627 g/mol. The summed E-state index contributed by atoms with van der Waals surface area (Å²) in [5.74, 6) is -1.38. The highest BCUT2D eigenvalue weighted by Gasteiger charge is 2.67. The molecule has 3 atom stereocenters. The number of pyridine rings is 2. The maximum atomic E-state index is 13.2. The number of amides is 1. The fourth-order valence-corrected chi connectivity index (χ4v) is 6.46. The van der Waals surface area contributed by atoms with Gasteiger partial charge in [0.2, 0.25) is 0 Å². The second kappa shape index (κ2) is 11.2. The molecule has 6 heterocycles. The van der Waals surface area contributed by atoms with Crippen LogP contribution in [0.2, 0.25) is 0 Å². The molecular formula is C32H34N8O6. The number of carbonyl (C=O) groups excluding carboxylic acids is 2. The van der Waals surface area contributed by atoms with Crippen LogP contribution in [0.1, 0.15) is 39.7 Å². The van der Waals surface area contributed by atoms with Crippen LogP contribution in [0, 0.1) is 16.7 Å². The van der Waals surface area contributed by atoms with Crippen molar-refractivity contribution in [3.63, 3.8) is 0 Å². The third-order valence-corrected chi connectivity index (χ3v) is 8.45. The zero-order valence-corrected chi connectivity index (χ0v) is 26.2. The first-order valence-corrected chi connectivity index (χ1v) is 14.9. The van der Waals surface area contributed by atoms with Gasteiger partial charge in [-0.05, 0) is 45.9 Å². The molecule has 14 nitrogen and oxygen atoms in total. The van der Waals surface area contributed by atoms with Crippen LogP contribution < -0.4 is 4.90 Å². The van der Waals surface area contributed by atoms with Crippen LogP contribution in [-0.2, 0) is 26.1 Å². The fraction of sp³-hybridized carbons (Fsp3) is 0.406. The van der Waals surface area contributed by atoms with E-state index in [1.54, 1.807) is 55.4 Å². The Morgan fingerprint density at radius 1 is 1.11 bits per heavy atom. The predicted octanol–water partition coefficient (Wildman–Crippen LogP) is 3.50. The van der Waals surface area contributed by atoms with Crippen molar-refractivity contribution in [2.45, 2.75) is 51.8 Å². The number of carbonyl (C=O) groups is 3. The van der Waals surface area contributed by atoms with E-state index in [9.17, 15) is 24.8 Å². The lowest BCUT2D eigenvalue weighted by Gasteiger charge is -2.50. The van der Waals surface area contributed by atoms with Gasteiger partial charge >= 0.3 is 18.0 Å². The lowest BCUT2D eigenvalue weighted by atomic mass is 9.73. The Morgan fingerprint density at radius 2 is 1.89 bits per heavy atom. The van der Waals surface area contributed by atoms with Crippen LogP contribution in [-0.4, -0.2) is 89.8 Å². The molecule has 2 aliphatic heterocycles. The topological polar surface area (TPSA) is 168 Å². The summed E-state index contributed by atoms with van der Waals surface area (Å²) in [6, 6.07) is 6.52. The lowest BCUT2D eigenvalue weighted by molar-refractivity contribution is -0.158. The minimum absolute atomic E-state index is 0.102. The minimum atomic E-state index is -1.64. The molecule has 238 valence electrons. The number of carboxylic acid groups (broad SMARTS) is 1. The number of nitriles is 1. The van der Waals surface area contributed by atoms with Crippen LogP contribution in [0.5, 0.6) is 0 Å². The molecule has 1 amide bonds. The van der Waals surface area contributed by atoms with E-state index in [2.05, 4.69) is 16.3 Å². The van der Waals surface area contributed by atoms with Crippen LogP contribution in [0.15, 0.2) is 49.2 Å². The van der Waals surface area contributed by atoms with Crippen LogP contribution >= 0.6 is 0 Å². The SMILES string of the molecule is CCOC(=O)CC1(C(=O)O)CN(C(=O)OC(C)(C)C)[C@H]2CN(c3ccc(-c4cc(-c5cnn(C)c5)cn5ncc(C#N)c45)cn3)[C@H]21. The maximum Gasteiger partial charge on any atom is 0.410 e. The predicted molar refractivity (Wildman–Crippen MR) is 165 cm³/mol. The number of aromatic nitrogens is 5. The molecule has 0 bridgehead atoms. The van der Waals surface area contributed by atoms with Gasteiger partial charge in [0.25, 0.3) is 0 Å². The Bertz CT molecular complexity index is 1880. The molecule has 46 heavy (non-hydrogen) atoms. The van der Waals surface area contributed by atoms with E-state index in [0.29, 0.717) is 29.0 Å². The van der Waals surface area contributed by atoms with Crippen molar-refractivity contribution in [1.82, 2.24) is 29.3 Å². The number of carboxylic acids is 1. The molecule has 0 saturated carbocycles. The monoisotopic (exact) mass is 626 g/mol. The average Bonchev–Trinajstić information content (AvgIpc) is 3.66. The lowest BCUT2D eigenvalue weighted by Crippen LogP contribution is -2.68. The second-order valence-electron chi connectivity index (χ2n) is 12.6. The summed E-state index contributed by atoms with van der Waals surface area (Å²) in [5, 5.41) is 29.0. The largest absolute Gasteiger partial charge is 0.481 e. The van der Waals surface area contributed by atoms with E-state index in [0.717, 1.165) is 16.7 Å². The first-order valence-electron chi connectivity index (χ1n) is 14.9. The molecule has 6 rings (SSSR count). The highest BCUT2D eigenvalue weighted by Crippen LogP contribution is 2.49. The first kappa shape index (κ1) is 30.6. The Balaban J connectivity index is 1.37. The van der Waals surface area contributed by atoms with Gasteiger partial charge in [-0.1, -0.05) is 0 Å². The summed E-state index contributed by atoms with van der Waals surface area (Å²) in [4.78, 5) is 46.8. The summed E-state index contributed by atoms with van der Waals surface area (Å²) in [6.45, 7) is 7.07. The van der Waals surface area contributed by atoms with Crippen molar-refractivity contribution in [2.75, 3.05) is 24.6 Å². The first-order chi connectivity index (χ1) is 21.8. The molecule has 0 radical (unpaired) electrons. The van der Waals surface area contributed by atoms with Gasteiger partial charge in [0.1, 0.15) is 22.9 Å². The smallest absolute Gasteiger partial charge is 0.410 e. The third kappa shape index (κ3) is 5.17. The van der Waals surface area contributed by atoms with Crippen LogP contribution in [0.3, 0.4) is 0 Å². The number of nitrogens with zero attached hydrogens (tertiary/aromatic N) is 8. The number of esters is 1. The second-order valence-corrected chi connectivity index (χ2v) is 12.6. The van der Waals surface area contributed by atoms with E-state index < -0.39 is 47.6 Å². The molecule has 4 aromatic heterocycles. The number of ether oxygens (including phenoxy) is 2. The normalized spacial score (nSPS) is 20.6. The Kier molecular flexibility index (Phi) is 7.42. The Morgan fingerprint density at radius 3 is 2.50 bits per heavy atom. The van der Waals surface area contributed by atoms with Crippen molar-refractivity contribution < 1.29 is 29.0 Å². The van der Waals surface area contributed by atoms with Crippen molar-refractivity contribution in [2.24, 2.45) is 12.5 Å². The third-order valence-electron chi connectivity index (χ3n) is 8.45. The number of likely N-dealkylation sites (tertiary alicyclic amines) is 1. The molecule has 2 fully saturated rings. The summed E-state index contributed by atoms with van der Waals surface area (Å²) < 4.78 is 14.1. The van der Waals surface area contributed by atoms with E-state index in [-0.39, 0.29) is 13.2 Å². The van der Waals surface area contributed by atoms with Gasteiger partial charge in [-0.25, -0.2) is 14.3 Å². The molecule has 4 aromatic rings. The minimum Gasteiger partial charge on any atom is -0.481 e. The summed E-state index contributed by atoms with van der Waals surface area (Å²) in [7, 11) is 1.83. The van der Waals surface area contributed by atoms with E-state index in [4.69, 9.17) is 14.5 Å². The molecule has 1 unspecified atom stereocenters. The molecule has 0 aromatic carbocycles. The number of hydrogen-bond acceptors (Lipinski definition) is 10. The number of rotatable bonds is 7. The number of fused-ring (bicyclic) bond motifs is 2. The number of aryl methyl sites for hydroxylation is 1. The van der Waals surface area contributed by atoms with Crippen molar-refractivity contribution in [3.8, 4) is 28.3 Å². The quantitative estimate of drug-likeness (QED) is 0.298.